The Morgan fingerprint density at radius 2 is 2.12 bits per heavy atom. The molecular weight excluding hydrogens is 306 g/mol. The van der Waals surface area contributed by atoms with Gasteiger partial charge in [0.05, 0.1) is 11.9 Å². The van der Waals surface area contributed by atoms with Crippen LogP contribution in [0.15, 0.2) is 29.3 Å². The molecular formula is C17H21N5O2. The van der Waals surface area contributed by atoms with Crippen LogP contribution in [0.3, 0.4) is 0 Å². The maximum absolute atomic E-state index is 12.9. The Bertz CT molecular complexity index is 758. The lowest BCUT2D eigenvalue weighted by atomic mass is 10.0. The molecule has 0 spiro atoms. The van der Waals surface area contributed by atoms with Crippen LogP contribution in [-0.4, -0.2) is 59.5 Å². The summed E-state index contributed by atoms with van der Waals surface area (Å²) in [4.78, 5) is 27.7. The maximum atomic E-state index is 12.9. The number of rotatable bonds is 2. The molecule has 126 valence electrons. The molecule has 0 aromatic carbocycles. The Hall–Kier alpha value is -2.41. The zero-order valence-electron chi connectivity index (χ0n) is 14.1. The van der Waals surface area contributed by atoms with Crippen LogP contribution in [0.5, 0.6) is 0 Å². The SMILES string of the molecule is CC(C)N1CCN2c3ncc(-c4cnco4)cc3N(C)C(=O)[C@H]2C1. The largest absolute Gasteiger partial charge is 0.443 e. The van der Waals surface area contributed by atoms with Gasteiger partial charge in [0.1, 0.15) is 6.04 Å². The molecule has 4 rings (SSSR count). The molecule has 0 radical (unpaired) electrons. The first-order chi connectivity index (χ1) is 11.6. The normalized spacial score (nSPS) is 21.2. The molecule has 7 nitrogen and oxygen atoms in total. The molecule has 2 aromatic heterocycles. The van der Waals surface area contributed by atoms with Crippen molar-refractivity contribution in [2.24, 2.45) is 0 Å². The molecule has 0 N–H and O–H groups in total. The van der Waals surface area contributed by atoms with E-state index in [2.05, 4.69) is 33.6 Å². The number of amides is 1. The van der Waals surface area contributed by atoms with Crippen LogP contribution >= 0.6 is 0 Å². The summed E-state index contributed by atoms with van der Waals surface area (Å²) in [5.74, 6) is 1.64. The number of piperazine rings is 1. The van der Waals surface area contributed by atoms with Crippen molar-refractivity contribution >= 4 is 17.4 Å². The number of anilines is 2. The van der Waals surface area contributed by atoms with Crippen LogP contribution in [0.25, 0.3) is 11.3 Å². The number of carbonyl (C=O) groups excluding carboxylic acids is 1. The summed E-state index contributed by atoms with van der Waals surface area (Å²) in [5.41, 5.74) is 1.65. The number of nitrogens with zero attached hydrogens (tertiary/aromatic N) is 5. The van der Waals surface area contributed by atoms with Crippen molar-refractivity contribution in [1.82, 2.24) is 14.9 Å². The highest BCUT2D eigenvalue weighted by molar-refractivity contribution is 6.05. The van der Waals surface area contributed by atoms with Crippen molar-refractivity contribution in [3.05, 3.63) is 24.9 Å². The van der Waals surface area contributed by atoms with E-state index >= 15 is 0 Å². The summed E-state index contributed by atoms with van der Waals surface area (Å²) < 4.78 is 5.34. The van der Waals surface area contributed by atoms with E-state index in [1.807, 2.05) is 13.1 Å². The molecule has 2 aromatic rings. The van der Waals surface area contributed by atoms with E-state index in [4.69, 9.17) is 4.42 Å². The van der Waals surface area contributed by atoms with Gasteiger partial charge in [-0.1, -0.05) is 0 Å². The molecule has 7 heteroatoms. The van der Waals surface area contributed by atoms with Gasteiger partial charge in [0.25, 0.3) is 5.91 Å². The van der Waals surface area contributed by atoms with Crippen LogP contribution in [-0.2, 0) is 4.79 Å². The highest BCUT2D eigenvalue weighted by atomic mass is 16.3. The summed E-state index contributed by atoms with van der Waals surface area (Å²) >= 11 is 0. The van der Waals surface area contributed by atoms with E-state index in [0.29, 0.717) is 11.8 Å². The average molecular weight is 327 g/mol. The van der Waals surface area contributed by atoms with Crippen molar-refractivity contribution in [3.8, 4) is 11.3 Å². The zero-order chi connectivity index (χ0) is 16.8. The molecule has 1 amide bonds. The fourth-order valence-corrected chi connectivity index (χ4v) is 3.49. The van der Waals surface area contributed by atoms with Crippen LogP contribution in [0.2, 0.25) is 0 Å². The van der Waals surface area contributed by atoms with Crippen molar-refractivity contribution in [1.29, 1.82) is 0 Å². The molecule has 24 heavy (non-hydrogen) atoms. The molecule has 4 heterocycles. The summed E-state index contributed by atoms with van der Waals surface area (Å²) in [5, 5.41) is 0. The van der Waals surface area contributed by atoms with Gasteiger partial charge in [0.15, 0.2) is 18.0 Å². The van der Waals surface area contributed by atoms with Gasteiger partial charge >= 0.3 is 0 Å². The molecule has 1 atom stereocenters. The Morgan fingerprint density at radius 1 is 1.29 bits per heavy atom. The van der Waals surface area contributed by atoms with Gasteiger partial charge in [-0.15, -0.1) is 0 Å². The minimum Gasteiger partial charge on any atom is -0.443 e. The van der Waals surface area contributed by atoms with E-state index in [1.54, 1.807) is 17.3 Å². The third-order valence-corrected chi connectivity index (χ3v) is 4.96. The molecule has 2 aliphatic rings. The van der Waals surface area contributed by atoms with Gasteiger partial charge in [0.2, 0.25) is 0 Å². The van der Waals surface area contributed by atoms with Crippen molar-refractivity contribution < 1.29 is 9.21 Å². The van der Waals surface area contributed by atoms with Gasteiger partial charge in [0, 0.05) is 44.5 Å². The van der Waals surface area contributed by atoms with Gasteiger partial charge in [-0.3, -0.25) is 9.69 Å². The van der Waals surface area contributed by atoms with E-state index in [0.717, 1.165) is 36.7 Å². The Kier molecular flexibility index (Phi) is 3.53. The van der Waals surface area contributed by atoms with E-state index in [1.165, 1.54) is 6.39 Å². The van der Waals surface area contributed by atoms with Gasteiger partial charge in [-0.05, 0) is 19.9 Å². The number of oxazole rings is 1. The number of hydrogen-bond donors (Lipinski definition) is 0. The van der Waals surface area contributed by atoms with Crippen LogP contribution in [0.1, 0.15) is 13.8 Å². The van der Waals surface area contributed by atoms with Crippen molar-refractivity contribution in [3.63, 3.8) is 0 Å². The van der Waals surface area contributed by atoms with Crippen LogP contribution in [0.4, 0.5) is 11.5 Å². The maximum Gasteiger partial charge on any atom is 0.250 e. The Balaban J connectivity index is 1.72. The van der Waals surface area contributed by atoms with Gasteiger partial charge in [-0.25, -0.2) is 9.97 Å². The minimum atomic E-state index is -0.165. The van der Waals surface area contributed by atoms with E-state index < -0.39 is 0 Å². The highest BCUT2D eigenvalue weighted by Gasteiger charge is 2.41. The lowest BCUT2D eigenvalue weighted by molar-refractivity contribution is -0.121. The second-order valence-electron chi connectivity index (χ2n) is 6.63. The number of fused-ring (bicyclic) bond motifs is 3. The van der Waals surface area contributed by atoms with Crippen LogP contribution in [0, 0.1) is 0 Å². The first-order valence-corrected chi connectivity index (χ1v) is 8.23. The first kappa shape index (κ1) is 15.1. The molecule has 0 bridgehead atoms. The second kappa shape index (κ2) is 5.59. The second-order valence-corrected chi connectivity index (χ2v) is 6.63. The van der Waals surface area contributed by atoms with E-state index in [9.17, 15) is 4.79 Å². The molecule has 1 fully saturated rings. The predicted octanol–water partition coefficient (Wildman–Crippen LogP) is 1.61. The zero-order valence-corrected chi connectivity index (χ0v) is 14.1. The summed E-state index contributed by atoms with van der Waals surface area (Å²) in [6.07, 6.45) is 4.83. The number of likely N-dealkylation sites (N-methyl/N-ethyl adjacent to an activating group) is 1. The lowest BCUT2D eigenvalue weighted by Crippen LogP contribution is -2.63. The molecule has 1 saturated heterocycles. The molecule has 0 saturated carbocycles. The third-order valence-electron chi connectivity index (χ3n) is 4.96. The molecule has 0 aliphatic carbocycles. The topological polar surface area (TPSA) is 65.7 Å². The summed E-state index contributed by atoms with van der Waals surface area (Å²) in [6, 6.07) is 2.22. The Labute approximate surface area is 140 Å². The van der Waals surface area contributed by atoms with Crippen molar-refractivity contribution in [2.45, 2.75) is 25.9 Å². The smallest absolute Gasteiger partial charge is 0.250 e. The first-order valence-electron chi connectivity index (χ1n) is 8.23. The van der Waals surface area contributed by atoms with Gasteiger partial charge in [-0.2, -0.15) is 0 Å². The standard InChI is InChI=1S/C17H21N5O2/c1-11(2)21-4-5-22-14(9-21)17(23)20(3)13-6-12(7-19-16(13)22)15-8-18-10-24-15/h6-8,10-11,14H,4-5,9H2,1-3H3/t14-/m1/s1. The number of hydrogen-bond acceptors (Lipinski definition) is 6. The molecule has 0 unspecified atom stereocenters. The third kappa shape index (κ3) is 2.27. The minimum absolute atomic E-state index is 0.115. The fraction of sp³-hybridized carbons (Fsp3) is 0.471. The lowest BCUT2D eigenvalue weighted by Gasteiger charge is -2.47. The average Bonchev–Trinajstić information content (AvgIpc) is 3.13. The fourth-order valence-electron chi connectivity index (χ4n) is 3.49. The van der Waals surface area contributed by atoms with Gasteiger partial charge < -0.3 is 14.2 Å². The monoisotopic (exact) mass is 327 g/mol. The quantitative estimate of drug-likeness (QED) is 0.835. The van der Waals surface area contributed by atoms with Crippen LogP contribution < -0.4 is 9.80 Å². The summed E-state index contributed by atoms with van der Waals surface area (Å²) in [7, 11) is 1.82. The number of carbonyl (C=O) groups is 1. The predicted molar refractivity (Wildman–Crippen MR) is 91.0 cm³/mol. The van der Waals surface area contributed by atoms with Crippen molar-refractivity contribution in [2.75, 3.05) is 36.5 Å². The number of pyridine rings is 1. The highest BCUT2D eigenvalue weighted by Crippen LogP contribution is 2.37. The molecule has 2 aliphatic heterocycles. The summed E-state index contributed by atoms with van der Waals surface area (Å²) in [6.45, 7) is 6.83. The Morgan fingerprint density at radius 3 is 2.83 bits per heavy atom. The van der Waals surface area contributed by atoms with E-state index in [-0.39, 0.29) is 11.9 Å². The number of aromatic nitrogens is 2.